The number of carboxylic acid groups (broad SMARTS) is 1. The van der Waals surface area contributed by atoms with Gasteiger partial charge in [0.15, 0.2) is 0 Å². The molecule has 0 aromatic heterocycles. The van der Waals surface area contributed by atoms with Crippen molar-refractivity contribution in [3.05, 3.63) is 59.9 Å². The standard InChI is InChI=1S/C18H19FO4/c1-22-15-7-3-8-16(12-15)23-10-4-9-17(18(20)21)13-5-2-6-14(19)11-13/h2-3,5-8,11-12,17H,4,9-10H2,1H3,(H,20,21). The summed E-state index contributed by atoms with van der Waals surface area (Å²) in [5, 5.41) is 9.32. The maximum atomic E-state index is 13.2. The molecule has 0 radical (unpaired) electrons. The van der Waals surface area contributed by atoms with Gasteiger partial charge in [-0.3, -0.25) is 4.79 Å². The van der Waals surface area contributed by atoms with Gasteiger partial charge in [0.2, 0.25) is 0 Å². The molecule has 0 saturated carbocycles. The number of rotatable bonds is 8. The van der Waals surface area contributed by atoms with Crippen LogP contribution in [0.25, 0.3) is 0 Å². The lowest BCUT2D eigenvalue weighted by Gasteiger charge is -2.13. The predicted octanol–water partition coefficient (Wildman–Crippen LogP) is 3.86. The second kappa shape index (κ2) is 8.17. The van der Waals surface area contributed by atoms with E-state index in [2.05, 4.69) is 0 Å². The van der Waals surface area contributed by atoms with Crippen LogP contribution in [0.2, 0.25) is 0 Å². The Labute approximate surface area is 134 Å². The van der Waals surface area contributed by atoms with Gasteiger partial charge < -0.3 is 14.6 Å². The van der Waals surface area contributed by atoms with Crippen LogP contribution in [0.5, 0.6) is 11.5 Å². The first-order chi connectivity index (χ1) is 11.1. The summed E-state index contributed by atoms with van der Waals surface area (Å²) in [5.41, 5.74) is 0.471. The minimum absolute atomic E-state index is 0.378. The third-order valence-electron chi connectivity index (χ3n) is 3.50. The molecule has 0 heterocycles. The molecule has 2 rings (SSSR count). The van der Waals surface area contributed by atoms with Crippen LogP contribution in [0.15, 0.2) is 48.5 Å². The van der Waals surface area contributed by atoms with Crippen LogP contribution in [0.4, 0.5) is 4.39 Å². The molecule has 1 N–H and O–H groups in total. The number of ether oxygens (including phenoxy) is 2. The highest BCUT2D eigenvalue weighted by Crippen LogP contribution is 2.23. The van der Waals surface area contributed by atoms with E-state index in [1.165, 1.54) is 18.2 Å². The summed E-state index contributed by atoms with van der Waals surface area (Å²) in [5.74, 6) is -0.759. The lowest BCUT2D eigenvalue weighted by Crippen LogP contribution is -2.13. The van der Waals surface area contributed by atoms with Crippen molar-refractivity contribution in [3.8, 4) is 11.5 Å². The maximum absolute atomic E-state index is 13.2. The first kappa shape index (κ1) is 16.8. The Morgan fingerprint density at radius 1 is 1.17 bits per heavy atom. The molecule has 0 aliphatic rings. The molecule has 0 aliphatic carbocycles. The first-order valence-corrected chi connectivity index (χ1v) is 7.35. The molecule has 1 unspecified atom stereocenters. The molecule has 0 fully saturated rings. The van der Waals surface area contributed by atoms with Crippen molar-refractivity contribution in [3.63, 3.8) is 0 Å². The molecule has 122 valence electrons. The van der Waals surface area contributed by atoms with Crippen molar-refractivity contribution in [2.45, 2.75) is 18.8 Å². The molecule has 0 amide bonds. The molecule has 2 aromatic carbocycles. The fourth-order valence-corrected chi connectivity index (χ4v) is 2.32. The molecule has 23 heavy (non-hydrogen) atoms. The number of aliphatic carboxylic acids is 1. The molecule has 0 saturated heterocycles. The Hall–Kier alpha value is -2.56. The van der Waals surface area contributed by atoms with Gasteiger partial charge in [0.1, 0.15) is 17.3 Å². The molecule has 0 bridgehead atoms. The molecule has 0 aliphatic heterocycles. The van der Waals surface area contributed by atoms with E-state index in [1.54, 1.807) is 19.2 Å². The van der Waals surface area contributed by atoms with E-state index in [-0.39, 0.29) is 0 Å². The lowest BCUT2D eigenvalue weighted by molar-refractivity contribution is -0.139. The van der Waals surface area contributed by atoms with Gasteiger partial charge >= 0.3 is 5.97 Å². The van der Waals surface area contributed by atoms with Crippen molar-refractivity contribution in [2.75, 3.05) is 13.7 Å². The smallest absolute Gasteiger partial charge is 0.310 e. The Kier molecular flexibility index (Phi) is 5.97. The number of hydrogen-bond donors (Lipinski definition) is 1. The van der Waals surface area contributed by atoms with Crippen molar-refractivity contribution in [1.29, 1.82) is 0 Å². The van der Waals surface area contributed by atoms with Crippen molar-refractivity contribution in [1.82, 2.24) is 0 Å². The van der Waals surface area contributed by atoms with Crippen LogP contribution in [0, 0.1) is 5.82 Å². The highest BCUT2D eigenvalue weighted by Gasteiger charge is 2.19. The minimum atomic E-state index is -0.961. The summed E-state index contributed by atoms with van der Waals surface area (Å²) < 4.78 is 23.9. The van der Waals surface area contributed by atoms with Crippen molar-refractivity contribution in [2.24, 2.45) is 0 Å². The average molecular weight is 318 g/mol. The minimum Gasteiger partial charge on any atom is -0.497 e. The van der Waals surface area contributed by atoms with Crippen LogP contribution >= 0.6 is 0 Å². The lowest BCUT2D eigenvalue weighted by atomic mass is 9.94. The second-order valence-corrected chi connectivity index (χ2v) is 5.12. The summed E-state index contributed by atoms with van der Waals surface area (Å²) in [7, 11) is 1.58. The van der Waals surface area contributed by atoms with Gasteiger partial charge in [-0.2, -0.15) is 0 Å². The SMILES string of the molecule is COc1cccc(OCCCC(C(=O)O)c2cccc(F)c2)c1. The molecule has 2 aromatic rings. The fourth-order valence-electron chi connectivity index (χ4n) is 2.32. The zero-order chi connectivity index (χ0) is 16.7. The molecule has 5 heteroatoms. The normalized spacial score (nSPS) is 11.7. The zero-order valence-electron chi connectivity index (χ0n) is 12.9. The largest absolute Gasteiger partial charge is 0.497 e. The van der Waals surface area contributed by atoms with Crippen molar-refractivity contribution < 1.29 is 23.8 Å². The Morgan fingerprint density at radius 2 is 1.91 bits per heavy atom. The molecule has 0 spiro atoms. The van der Waals surface area contributed by atoms with E-state index in [9.17, 15) is 14.3 Å². The molecule has 4 nitrogen and oxygen atoms in total. The van der Waals surface area contributed by atoms with Crippen LogP contribution < -0.4 is 9.47 Å². The van der Waals surface area contributed by atoms with E-state index in [0.717, 1.165) is 0 Å². The van der Waals surface area contributed by atoms with E-state index in [0.29, 0.717) is 36.5 Å². The van der Waals surface area contributed by atoms with E-state index < -0.39 is 17.7 Å². The summed E-state index contributed by atoms with van der Waals surface area (Å²) in [6.07, 6.45) is 0.924. The van der Waals surface area contributed by atoms with E-state index in [4.69, 9.17) is 9.47 Å². The third kappa shape index (κ3) is 4.98. The Morgan fingerprint density at radius 3 is 2.61 bits per heavy atom. The van der Waals surface area contributed by atoms with Gasteiger partial charge in [-0.15, -0.1) is 0 Å². The second-order valence-electron chi connectivity index (χ2n) is 5.12. The number of halogens is 1. The van der Waals surface area contributed by atoms with Crippen LogP contribution in [0.1, 0.15) is 24.3 Å². The number of benzene rings is 2. The van der Waals surface area contributed by atoms with Gasteiger partial charge in [-0.25, -0.2) is 4.39 Å². The number of methoxy groups -OCH3 is 1. The molecular formula is C18H19FO4. The quantitative estimate of drug-likeness (QED) is 0.751. The van der Waals surface area contributed by atoms with Gasteiger partial charge in [-0.1, -0.05) is 18.2 Å². The first-order valence-electron chi connectivity index (χ1n) is 7.35. The predicted molar refractivity (Wildman–Crippen MR) is 84.5 cm³/mol. The van der Waals surface area contributed by atoms with Gasteiger partial charge in [0, 0.05) is 6.07 Å². The van der Waals surface area contributed by atoms with E-state index >= 15 is 0 Å². The zero-order valence-corrected chi connectivity index (χ0v) is 12.9. The summed E-state index contributed by atoms with van der Waals surface area (Å²) in [6, 6.07) is 12.9. The number of carboxylic acids is 1. The molecule has 1 atom stereocenters. The summed E-state index contributed by atoms with van der Waals surface area (Å²) >= 11 is 0. The van der Waals surface area contributed by atoms with Gasteiger partial charge in [-0.05, 0) is 42.7 Å². The Balaban J connectivity index is 1.88. The average Bonchev–Trinajstić information content (AvgIpc) is 2.54. The van der Waals surface area contributed by atoms with Crippen LogP contribution in [-0.2, 0) is 4.79 Å². The number of hydrogen-bond acceptors (Lipinski definition) is 3. The van der Waals surface area contributed by atoms with Crippen LogP contribution in [-0.4, -0.2) is 24.8 Å². The van der Waals surface area contributed by atoms with Gasteiger partial charge in [0.05, 0.1) is 19.6 Å². The summed E-state index contributed by atoms with van der Waals surface area (Å²) in [6.45, 7) is 0.381. The van der Waals surface area contributed by atoms with Crippen molar-refractivity contribution >= 4 is 5.97 Å². The highest BCUT2D eigenvalue weighted by atomic mass is 19.1. The summed E-state index contributed by atoms with van der Waals surface area (Å²) in [4.78, 5) is 11.4. The van der Waals surface area contributed by atoms with Crippen LogP contribution in [0.3, 0.4) is 0 Å². The third-order valence-corrected chi connectivity index (χ3v) is 3.50. The highest BCUT2D eigenvalue weighted by molar-refractivity contribution is 5.76. The monoisotopic (exact) mass is 318 g/mol. The Bertz CT molecular complexity index is 657. The van der Waals surface area contributed by atoms with Gasteiger partial charge in [0.25, 0.3) is 0 Å². The maximum Gasteiger partial charge on any atom is 0.310 e. The molecular weight excluding hydrogens is 299 g/mol. The number of carbonyl (C=O) groups is 1. The van der Waals surface area contributed by atoms with E-state index in [1.807, 2.05) is 18.2 Å². The fraction of sp³-hybridized carbons (Fsp3) is 0.278. The topological polar surface area (TPSA) is 55.8 Å².